The van der Waals surface area contributed by atoms with Gasteiger partial charge in [0.05, 0.1) is 6.20 Å². The molecule has 100 valence electrons. The maximum absolute atomic E-state index is 13.6. The Hall–Kier alpha value is -0.940. The van der Waals surface area contributed by atoms with Gasteiger partial charge in [-0.2, -0.15) is 4.98 Å². The molecule has 1 aromatic heterocycles. The van der Waals surface area contributed by atoms with E-state index in [1.54, 1.807) is 0 Å². The summed E-state index contributed by atoms with van der Waals surface area (Å²) >= 11 is 5.68. The molecule has 1 aliphatic heterocycles. The van der Waals surface area contributed by atoms with Crippen LogP contribution in [-0.4, -0.2) is 27.6 Å². The van der Waals surface area contributed by atoms with Crippen LogP contribution in [0, 0.1) is 5.82 Å². The fourth-order valence-corrected chi connectivity index (χ4v) is 2.79. The molecule has 2 atom stereocenters. The molecule has 4 nitrogen and oxygen atoms in total. The molecule has 2 N–H and O–H groups in total. The number of hydrogen-bond donors (Lipinski definition) is 2. The Kier molecular flexibility index (Phi) is 3.73. The van der Waals surface area contributed by atoms with Crippen LogP contribution >= 0.6 is 11.6 Å². The second kappa shape index (κ2) is 4.97. The highest BCUT2D eigenvalue weighted by atomic mass is 35.5. The van der Waals surface area contributed by atoms with Gasteiger partial charge in [-0.05, 0) is 45.2 Å². The van der Waals surface area contributed by atoms with Crippen molar-refractivity contribution in [2.24, 2.45) is 0 Å². The van der Waals surface area contributed by atoms with Gasteiger partial charge in [-0.25, -0.2) is 9.37 Å². The number of piperidine rings is 1. The predicted octanol–water partition coefficient (Wildman–Crippen LogP) is 2.60. The number of halogens is 2. The summed E-state index contributed by atoms with van der Waals surface area (Å²) in [5.41, 5.74) is 0.0304. The minimum absolute atomic E-state index is 0.0304. The molecule has 6 heteroatoms. The third kappa shape index (κ3) is 3.29. The SMILES string of the molecule is CC1CC(Nc2nc(Cl)ncc2F)CC(C)(C)N1. The number of nitrogens with zero attached hydrogens (tertiary/aromatic N) is 2. The highest BCUT2D eigenvalue weighted by Crippen LogP contribution is 2.25. The van der Waals surface area contributed by atoms with Gasteiger partial charge in [-0.1, -0.05) is 0 Å². The van der Waals surface area contributed by atoms with Crippen LogP contribution in [0.4, 0.5) is 10.2 Å². The van der Waals surface area contributed by atoms with Crippen LogP contribution in [0.1, 0.15) is 33.6 Å². The Bertz CT molecular complexity index is 438. The molecule has 1 fully saturated rings. The van der Waals surface area contributed by atoms with Crippen LogP contribution in [0.5, 0.6) is 0 Å². The monoisotopic (exact) mass is 272 g/mol. The highest BCUT2D eigenvalue weighted by Gasteiger charge is 2.31. The first kappa shape index (κ1) is 13.5. The number of anilines is 1. The lowest BCUT2D eigenvalue weighted by atomic mass is 9.86. The quantitative estimate of drug-likeness (QED) is 0.813. The lowest BCUT2D eigenvalue weighted by Gasteiger charge is -2.40. The second-order valence-electron chi connectivity index (χ2n) is 5.55. The van der Waals surface area contributed by atoms with Crippen molar-refractivity contribution in [1.29, 1.82) is 0 Å². The molecule has 2 unspecified atom stereocenters. The Labute approximate surface area is 111 Å². The molecule has 1 aliphatic rings. The van der Waals surface area contributed by atoms with Crippen LogP contribution in [0.15, 0.2) is 6.20 Å². The Morgan fingerprint density at radius 2 is 2.28 bits per heavy atom. The minimum atomic E-state index is -0.469. The largest absolute Gasteiger partial charge is 0.365 e. The minimum Gasteiger partial charge on any atom is -0.365 e. The van der Waals surface area contributed by atoms with E-state index in [9.17, 15) is 4.39 Å². The van der Waals surface area contributed by atoms with Crippen molar-refractivity contribution in [3.8, 4) is 0 Å². The van der Waals surface area contributed by atoms with Crippen molar-refractivity contribution < 1.29 is 4.39 Å². The van der Waals surface area contributed by atoms with E-state index in [4.69, 9.17) is 11.6 Å². The summed E-state index contributed by atoms with van der Waals surface area (Å²) in [6.45, 7) is 6.40. The van der Waals surface area contributed by atoms with E-state index in [1.807, 2.05) is 0 Å². The molecule has 0 saturated carbocycles. The summed E-state index contributed by atoms with van der Waals surface area (Å²) in [5, 5.41) is 6.69. The molecular weight excluding hydrogens is 255 g/mol. The topological polar surface area (TPSA) is 49.8 Å². The van der Waals surface area contributed by atoms with Crippen LogP contribution in [0.25, 0.3) is 0 Å². The van der Waals surface area contributed by atoms with Crippen LogP contribution < -0.4 is 10.6 Å². The van der Waals surface area contributed by atoms with E-state index in [2.05, 4.69) is 41.4 Å². The summed E-state index contributed by atoms with van der Waals surface area (Å²) in [4.78, 5) is 7.49. The first-order chi connectivity index (χ1) is 8.35. The smallest absolute Gasteiger partial charge is 0.224 e. The third-order valence-electron chi connectivity index (χ3n) is 3.09. The average molecular weight is 273 g/mol. The number of rotatable bonds is 2. The fraction of sp³-hybridized carbons (Fsp3) is 0.667. The number of hydrogen-bond acceptors (Lipinski definition) is 4. The van der Waals surface area contributed by atoms with Gasteiger partial charge in [-0.15, -0.1) is 0 Å². The summed E-state index contributed by atoms with van der Waals surface area (Å²) < 4.78 is 13.6. The van der Waals surface area contributed by atoms with Gasteiger partial charge in [0.1, 0.15) is 0 Å². The molecule has 2 heterocycles. The summed E-state index contributed by atoms with van der Waals surface area (Å²) in [7, 11) is 0. The first-order valence-corrected chi connectivity index (χ1v) is 6.46. The van der Waals surface area contributed by atoms with Crippen LogP contribution in [0.2, 0.25) is 5.28 Å². The lowest BCUT2D eigenvalue weighted by molar-refractivity contribution is 0.238. The molecule has 18 heavy (non-hydrogen) atoms. The van der Waals surface area contributed by atoms with E-state index in [1.165, 1.54) is 0 Å². The standard InChI is InChI=1S/C12H18ClFN4/c1-7-4-8(5-12(2,3)18-7)16-10-9(14)6-15-11(13)17-10/h6-8,18H,4-5H2,1-3H3,(H,15,16,17). The van der Waals surface area contributed by atoms with Gasteiger partial charge in [0.25, 0.3) is 0 Å². The zero-order valence-electron chi connectivity index (χ0n) is 10.8. The number of nitrogens with one attached hydrogen (secondary N) is 2. The zero-order chi connectivity index (χ0) is 13.3. The molecule has 2 rings (SSSR count). The van der Waals surface area contributed by atoms with Crippen LogP contribution in [-0.2, 0) is 0 Å². The first-order valence-electron chi connectivity index (χ1n) is 6.08. The van der Waals surface area contributed by atoms with E-state index in [0.29, 0.717) is 6.04 Å². The van der Waals surface area contributed by atoms with Crippen molar-refractivity contribution in [3.05, 3.63) is 17.3 Å². The van der Waals surface area contributed by atoms with Crippen molar-refractivity contribution in [2.45, 2.75) is 51.2 Å². The molecule has 0 bridgehead atoms. The Morgan fingerprint density at radius 3 is 2.94 bits per heavy atom. The highest BCUT2D eigenvalue weighted by molar-refractivity contribution is 6.28. The summed E-state index contributed by atoms with van der Waals surface area (Å²) in [6.07, 6.45) is 2.91. The van der Waals surface area contributed by atoms with Gasteiger partial charge in [-0.3, -0.25) is 0 Å². The van der Waals surface area contributed by atoms with Gasteiger partial charge in [0.2, 0.25) is 5.28 Å². The van der Waals surface area contributed by atoms with Gasteiger partial charge < -0.3 is 10.6 Å². The van der Waals surface area contributed by atoms with Gasteiger partial charge in [0, 0.05) is 17.6 Å². The summed E-state index contributed by atoms with van der Waals surface area (Å²) in [6, 6.07) is 0.559. The molecule has 0 amide bonds. The predicted molar refractivity (Wildman–Crippen MR) is 70.3 cm³/mol. The maximum Gasteiger partial charge on any atom is 0.224 e. The Morgan fingerprint density at radius 1 is 1.56 bits per heavy atom. The molecule has 1 saturated heterocycles. The fourth-order valence-electron chi connectivity index (χ4n) is 2.66. The normalized spacial score (nSPS) is 26.9. The van der Waals surface area contributed by atoms with Gasteiger partial charge in [0.15, 0.2) is 11.6 Å². The van der Waals surface area contributed by atoms with Gasteiger partial charge >= 0.3 is 0 Å². The Balaban J connectivity index is 2.11. The van der Waals surface area contributed by atoms with Crippen molar-refractivity contribution in [2.75, 3.05) is 5.32 Å². The summed E-state index contributed by atoms with van der Waals surface area (Å²) in [5.74, 6) is -0.284. The molecule has 1 aromatic rings. The van der Waals surface area contributed by atoms with E-state index in [0.717, 1.165) is 19.0 Å². The average Bonchev–Trinajstić information content (AvgIpc) is 2.20. The van der Waals surface area contributed by atoms with E-state index >= 15 is 0 Å². The molecule has 0 aromatic carbocycles. The van der Waals surface area contributed by atoms with Crippen LogP contribution in [0.3, 0.4) is 0 Å². The second-order valence-corrected chi connectivity index (χ2v) is 5.88. The number of aromatic nitrogens is 2. The maximum atomic E-state index is 13.6. The van der Waals surface area contributed by atoms with Crippen molar-refractivity contribution in [1.82, 2.24) is 15.3 Å². The lowest BCUT2D eigenvalue weighted by Crippen LogP contribution is -2.54. The van der Waals surface area contributed by atoms with Crippen molar-refractivity contribution >= 4 is 17.4 Å². The zero-order valence-corrected chi connectivity index (χ0v) is 11.6. The van der Waals surface area contributed by atoms with E-state index in [-0.39, 0.29) is 22.7 Å². The molecule has 0 spiro atoms. The molecule has 0 radical (unpaired) electrons. The molecule has 0 aliphatic carbocycles. The van der Waals surface area contributed by atoms with Crippen molar-refractivity contribution in [3.63, 3.8) is 0 Å². The third-order valence-corrected chi connectivity index (χ3v) is 3.27. The molecular formula is C12H18ClFN4. The van der Waals surface area contributed by atoms with E-state index < -0.39 is 5.82 Å².